The summed E-state index contributed by atoms with van der Waals surface area (Å²) in [5.41, 5.74) is 6.40. The smallest absolute Gasteiger partial charge is 0.253 e. The predicted octanol–water partition coefficient (Wildman–Crippen LogP) is 3.74. The molecule has 4 nitrogen and oxygen atoms in total. The summed E-state index contributed by atoms with van der Waals surface area (Å²) in [7, 11) is 0. The van der Waals surface area contributed by atoms with E-state index in [0.29, 0.717) is 24.4 Å². The highest BCUT2D eigenvalue weighted by Gasteiger charge is 2.21. The van der Waals surface area contributed by atoms with Gasteiger partial charge in [-0.15, -0.1) is 12.4 Å². The van der Waals surface area contributed by atoms with Crippen LogP contribution >= 0.6 is 12.4 Å². The van der Waals surface area contributed by atoms with Gasteiger partial charge in [-0.25, -0.2) is 8.78 Å². The third-order valence-electron chi connectivity index (χ3n) is 4.05. The van der Waals surface area contributed by atoms with Crippen molar-refractivity contribution in [1.82, 2.24) is 4.90 Å². The third kappa shape index (κ3) is 4.67. The number of nitrogens with two attached hydrogens (primary N) is 1. The Hall–Kier alpha value is -2.18. The van der Waals surface area contributed by atoms with Crippen LogP contribution in [-0.4, -0.2) is 29.9 Å². The molecule has 134 valence electrons. The van der Waals surface area contributed by atoms with Crippen LogP contribution in [0.2, 0.25) is 0 Å². The van der Waals surface area contributed by atoms with Gasteiger partial charge in [0.1, 0.15) is 11.5 Å². The lowest BCUT2D eigenvalue weighted by atomic mass is 10.0. The Balaban J connectivity index is 0.00000225. The van der Waals surface area contributed by atoms with Gasteiger partial charge < -0.3 is 15.4 Å². The molecule has 1 aliphatic heterocycles. The topological polar surface area (TPSA) is 55.6 Å². The second-order valence-electron chi connectivity index (χ2n) is 5.83. The summed E-state index contributed by atoms with van der Waals surface area (Å²) in [4.78, 5) is 14.2. The molecule has 7 heteroatoms. The highest BCUT2D eigenvalue weighted by Crippen LogP contribution is 2.24. The molecule has 1 aliphatic rings. The van der Waals surface area contributed by atoms with Crippen LogP contribution in [0.25, 0.3) is 0 Å². The number of halogens is 3. The van der Waals surface area contributed by atoms with Crippen LogP contribution in [0.5, 0.6) is 11.5 Å². The van der Waals surface area contributed by atoms with Crippen LogP contribution < -0.4 is 10.5 Å². The average molecular weight is 369 g/mol. The fourth-order valence-electron chi connectivity index (χ4n) is 2.63. The van der Waals surface area contributed by atoms with Crippen LogP contribution in [0.1, 0.15) is 23.2 Å². The van der Waals surface area contributed by atoms with E-state index in [0.717, 1.165) is 25.0 Å². The monoisotopic (exact) mass is 368 g/mol. The highest BCUT2D eigenvalue weighted by atomic mass is 35.5. The Kier molecular flexibility index (Phi) is 6.33. The standard InChI is InChI=1S/C18H18F2N2O2.ClH/c19-16-6-5-15(11-17(16)20)24-14-3-1-12(2-4-14)18(23)22-9-7-13(21)8-10-22;/h1-6,11,13H,7-10,21H2;1H. The number of carbonyl (C=O) groups is 1. The Labute approximate surface area is 151 Å². The molecule has 0 atom stereocenters. The fraction of sp³-hybridized carbons (Fsp3) is 0.278. The summed E-state index contributed by atoms with van der Waals surface area (Å²) in [5, 5.41) is 0. The van der Waals surface area contributed by atoms with Crippen LogP contribution in [0.15, 0.2) is 42.5 Å². The van der Waals surface area contributed by atoms with Crippen LogP contribution in [0.3, 0.4) is 0 Å². The summed E-state index contributed by atoms with van der Waals surface area (Å²) in [5.74, 6) is -1.30. The van der Waals surface area contributed by atoms with E-state index in [-0.39, 0.29) is 30.1 Å². The first kappa shape index (κ1) is 19.1. The normalized spacial score (nSPS) is 14.8. The van der Waals surface area contributed by atoms with Crippen molar-refractivity contribution in [2.45, 2.75) is 18.9 Å². The second kappa shape index (κ2) is 8.27. The van der Waals surface area contributed by atoms with Crippen LogP contribution in [0.4, 0.5) is 8.78 Å². The lowest BCUT2D eigenvalue weighted by molar-refractivity contribution is 0.0714. The number of rotatable bonds is 3. The molecule has 0 unspecified atom stereocenters. The van der Waals surface area contributed by atoms with Gasteiger partial charge in [-0.3, -0.25) is 4.79 Å². The zero-order valence-electron chi connectivity index (χ0n) is 13.5. The van der Waals surface area contributed by atoms with Gasteiger partial charge in [-0.2, -0.15) is 0 Å². The fourth-order valence-corrected chi connectivity index (χ4v) is 2.63. The van der Waals surface area contributed by atoms with Crippen molar-refractivity contribution in [1.29, 1.82) is 0 Å². The SMILES string of the molecule is Cl.NC1CCN(C(=O)c2ccc(Oc3ccc(F)c(F)c3)cc2)CC1. The van der Waals surface area contributed by atoms with E-state index >= 15 is 0 Å². The Bertz CT molecular complexity index is 732. The van der Waals surface area contributed by atoms with Crippen molar-refractivity contribution in [3.63, 3.8) is 0 Å². The van der Waals surface area contributed by atoms with Crippen molar-refractivity contribution in [2.24, 2.45) is 5.73 Å². The molecule has 0 aliphatic carbocycles. The number of hydrogen-bond donors (Lipinski definition) is 1. The van der Waals surface area contributed by atoms with Crippen molar-refractivity contribution >= 4 is 18.3 Å². The molecule has 1 saturated heterocycles. The lowest BCUT2D eigenvalue weighted by Crippen LogP contribution is -2.42. The first-order valence-electron chi connectivity index (χ1n) is 7.81. The van der Waals surface area contributed by atoms with Crippen molar-refractivity contribution in [3.8, 4) is 11.5 Å². The molecular weight excluding hydrogens is 350 g/mol. The van der Waals surface area contributed by atoms with E-state index in [9.17, 15) is 13.6 Å². The van der Waals surface area contributed by atoms with E-state index < -0.39 is 11.6 Å². The van der Waals surface area contributed by atoms with E-state index in [1.807, 2.05) is 0 Å². The molecule has 2 N–H and O–H groups in total. The quantitative estimate of drug-likeness (QED) is 0.897. The summed E-state index contributed by atoms with van der Waals surface area (Å²) in [6.07, 6.45) is 1.62. The van der Waals surface area contributed by atoms with Gasteiger partial charge in [-0.1, -0.05) is 0 Å². The molecule has 1 amide bonds. The van der Waals surface area contributed by atoms with Gasteiger partial charge in [0.15, 0.2) is 11.6 Å². The Morgan fingerprint density at radius 3 is 2.20 bits per heavy atom. The summed E-state index contributed by atoms with van der Waals surface area (Å²) in [6, 6.07) is 10.1. The number of benzene rings is 2. The molecule has 25 heavy (non-hydrogen) atoms. The second-order valence-corrected chi connectivity index (χ2v) is 5.83. The summed E-state index contributed by atoms with van der Waals surface area (Å²) >= 11 is 0. The molecule has 2 aromatic carbocycles. The van der Waals surface area contributed by atoms with Gasteiger partial charge in [-0.05, 0) is 49.2 Å². The lowest BCUT2D eigenvalue weighted by Gasteiger charge is -2.30. The number of amides is 1. The minimum Gasteiger partial charge on any atom is -0.457 e. The minimum absolute atomic E-state index is 0. The van der Waals surface area contributed by atoms with Gasteiger partial charge in [0.05, 0.1) is 0 Å². The maximum Gasteiger partial charge on any atom is 0.253 e. The first-order chi connectivity index (χ1) is 11.5. The van der Waals surface area contributed by atoms with Gasteiger partial charge in [0.25, 0.3) is 5.91 Å². The minimum atomic E-state index is -0.970. The van der Waals surface area contributed by atoms with E-state index in [2.05, 4.69) is 0 Å². The molecule has 0 aromatic heterocycles. The zero-order chi connectivity index (χ0) is 17.1. The van der Waals surface area contributed by atoms with Crippen molar-refractivity contribution < 1.29 is 18.3 Å². The third-order valence-corrected chi connectivity index (χ3v) is 4.05. The summed E-state index contributed by atoms with van der Waals surface area (Å²) in [6.45, 7) is 1.32. The van der Waals surface area contributed by atoms with Gasteiger partial charge in [0.2, 0.25) is 0 Å². The van der Waals surface area contributed by atoms with Crippen LogP contribution in [0, 0.1) is 11.6 Å². The Morgan fingerprint density at radius 2 is 1.60 bits per heavy atom. The van der Waals surface area contributed by atoms with E-state index in [4.69, 9.17) is 10.5 Å². The molecule has 0 spiro atoms. The molecule has 0 radical (unpaired) electrons. The zero-order valence-corrected chi connectivity index (χ0v) is 14.3. The maximum atomic E-state index is 13.2. The number of piperidine rings is 1. The molecule has 3 rings (SSSR count). The molecule has 1 heterocycles. The average Bonchev–Trinajstić information content (AvgIpc) is 2.59. The van der Waals surface area contributed by atoms with Gasteiger partial charge in [0, 0.05) is 30.8 Å². The van der Waals surface area contributed by atoms with Crippen molar-refractivity contribution in [3.05, 3.63) is 59.7 Å². The number of carbonyl (C=O) groups excluding carboxylic acids is 1. The number of ether oxygens (including phenoxy) is 1. The maximum absolute atomic E-state index is 13.2. The molecular formula is C18H19ClF2N2O2. The largest absolute Gasteiger partial charge is 0.457 e. The summed E-state index contributed by atoms with van der Waals surface area (Å²) < 4.78 is 31.5. The molecule has 1 fully saturated rings. The van der Waals surface area contributed by atoms with Crippen molar-refractivity contribution in [2.75, 3.05) is 13.1 Å². The predicted molar refractivity (Wildman–Crippen MR) is 93.2 cm³/mol. The Morgan fingerprint density at radius 1 is 1.00 bits per heavy atom. The number of nitrogens with zero attached hydrogens (tertiary/aromatic N) is 1. The molecule has 0 bridgehead atoms. The van der Waals surface area contributed by atoms with Crippen LogP contribution in [-0.2, 0) is 0 Å². The number of likely N-dealkylation sites (tertiary alicyclic amines) is 1. The van der Waals surface area contributed by atoms with Gasteiger partial charge >= 0.3 is 0 Å². The molecule has 0 saturated carbocycles. The number of hydrogen-bond acceptors (Lipinski definition) is 3. The van der Waals surface area contributed by atoms with E-state index in [1.54, 1.807) is 29.2 Å². The first-order valence-corrected chi connectivity index (χ1v) is 7.81. The highest BCUT2D eigenvalue weighted by molar-refractivity contribution is 5.94. The van der Waals surface area contributed by atoms with E-state index in [1.165, 1.54) is 6.07 Å². The molecule has 2 aromatic rings.